The molecule has 0 bridgehead atoms. The minimum atomic E-state index is 0.692. The fourth-order valence-corrected chi connectivity index (χ4v) is 0.731. The average Bonchev–Trinajstić information content (AvgIpc) is 2.15. The first-order valence-electron chi connectivity index (χ1n) is 3.28. The third-order valence-corrected chi connectivity index (χ3v) is 1.28. The first-order valence-corrected chi connectivity index (χ1v) is 3.28. The number of hydrogen-bond donors (Lipinski definition) is 1. The number of nitrogens with zero attached hydrogens (tertiary/aromatic N) is 2. The highest BCUT2D eigenvalue weighted by atomic mass is 14.9. The highest BCUT2D eigenvalue weighted by Crippen LogP contribution is 2.09. The summed E-state index contributed by atoms with van der Waals surface area (Å²) in [5.74, 6) is 4.95. The number of nitrogens with two attached hydrogens (primary N) is 1. The number of nitriles is 1. The van der Waals surface area contributed by atoms with Crippen molar-refractivity contribution in [2.24, 2.45) is 5.11 Å². The second-order valence-electron chi connectivity index (χ2n) is 2.04. The van der Waals surface area contributed by atoms with Gasteiger partial charge in [-0.3, -0.25) is 0 Å². The van der Waals surface area contributed by atoms with Gasteiger partial charge in [0.05, 0.1) is 0 Å². The van der Waals surface area contributed by atoms with E-state index in [9.17, 15) is 0 Å². The summed E-state index contributed by atoms with van der Waals surface area (Å²) in [6.07, 6.45) is 0. The van der Waals surface area contributed by atoms with E-state index in [1.807, 2.05) is 0 Å². The average molecular weight is 156 g/mol. The summed E-state index contributed by atoms with van der Waals surface area (Å²) in [5, 5.41) is 11.6. The van der Waals surface area contributed by atoms with E-state index in [1.54, 1.807) is 30.3 Å². The maximum atomic E-state index is 8.17. The maximum Gasteiger partial charge on any atom is 0.152 e. The topological polar surface area (TPSA) is 61.7 Å². The summed E-state index contributed by atoms with van der Waals surface area (Å²) in [6.45, 7) is 0. The van der Waals surface area contributed by atoms with Crippen LogP contribution in [0.4, 0.5) is 5.69 Å². The molecule has 0 aliphatic rings. The Bertz CT molecular complexity index is 373. The van der Waals surface area contributed by atoms with Gasteiger partial charge in [0.15, 0.2) is 6.07 Å². The summed E-state index contributed by atoms with van der Waals surface area (Å²) < 4.78 is 0. The molecule has 12 heavy (non-hydrogen) atoms. The van der Waals surface area contributed by atoms with Crippen molar-refractivity contribution >= 4 is 5.69 Å². The van der Waals surface area contributed by atoms with Crippen molar-refractivity contribution in [1.82, 2.24) is 0 Å². The van der Waals surface area contributed by atoms with Gasteiger partial charge in [0, 0.05) is 11.5 Å². The summed E-state index contributed by atoms with van der Waals surface area (Å²) in [5.41, 5.74) is 6.51. The minimum Gasteiger partial charge on any atom is -0.183 e. The Hall–Kier alpha value is -2.13. The highest BCUT2D eigenvalue weighted by Gasteiger charge is 1.89. The molecule has 1 aromatic rings. The van der Waals surface area contributed by atoms with E-state index in [0.29, 0.717) is 5.69 Å². The molecular formula is C9H6N3+. The molecule has 0 saturated heterocycles. The van der Waals surface area contributed by atoms with Gasteiger partial charge in [-0.1, -0.05) is 5.92 Å². The number of benzene rings is 1. The van der Waals surface area contributed by atoms with Gasteiger partial charge < -0.3 is 0 Å². The van der Waals surface area contributed by atoms with Crippen molar-refractivity contribution in [1.29, 1.82) is 5.26 Å². The molecule has 0 aliphatic heterocycles. The van der Waals surface area contributed by atoms with Crippen LogP contribution in [0.5, 0.6) is 0 Å². The van der Waals surface area contributed by atoms with Crippen LogP contribution in [0.25, 0.3) is 0 Å². The van der Waals surface area contributed by atoms with Crippen LogP contribution < -0.4 is 5.53 Å². The third kappa shape index (κ3) is 1.93. The largest absolute Gasteiger partial charge is 0.183 e. The Balaban J connectivity index is 2.94. The molecule has 1 aromatic carbocycles. The van der Waals surface area contributed by atoms with E-state index in [0.717, 1.165) is 5.56 Å². The van der Waals surface area contributed by atoms with Crippen molar-refractivity contribution in [2.75, 3.05) is 0 Å². The molecule has 56 valence electrons. The molecule has 0 saturated carbocycles. The van der Waals surface area contributed by atoms with Crippen LogP contribution in [0.1, 0.15) is 5.56 Å². The first kappa shape index (κ1) is 7.97. The lowest BCUT2D eigenvalue weighted by atomic mass is 10.2. The van der Waals surface area contributed by atoms with E-state index in [1.165, 1.54) is 0 Å². The van der Waals surface area contributed by atoms with Gasteiger partial charge in [-0.05, 0) is 29.4 Å². The smallest absolute Gasteiger partial charge is 0.152 e. The Morgan fingerprint density at radius 2 is 1.92 bits per heavy atom. The van der Waals surface area contributed by atoms with Crippen molar-refractivity contribution in [2.45, 2.75) is 0 Å². The van der Waals surface area contributed by atoms with Crippen molar-refractivity contribution in [3.05, 3.63) is 29.8 Å². The predicted molar refractivity (Wildman–Crippen MR) is 42.9 cm³/mol. The lowest BCUT2D eigenvalue weighted by Gasteiger charge is -1.87. The summed E-state index contributed by atoms with van der Waals surface area (Å²) in [7, 11) is 0. The lowest BCUT2D eigenvalue weighted by Crippen LogP contribution is -2.21. The fraction of sp³-hybridized carbons (Fsp3) is 0. The Morgan fingerprint density at radius 3 is 2.42 bits per heavy atom. The molecule has 0 aromatic heterocycles. The van der Waals surface area contributed by atoms with Crippen LogP contribution >= 0.6 is 0 Å². The van der Waals surface area contributed by atoms with Gasteiger partial charge in [-0.2, -0.15) is 10.8 Å². The standard InChI is InChI=1S/C9H5N3/c10-7-1-2-8-3-5-9(12-11)6-4-8/h3-6,11H/p+1. The molecule has 0 atom stereocenters. The zero-order chi connectivity index (χ0) is 8.81. The highest BCUT2D eigenvalue weighted by molar-refractivity contribution is 5.44. The number of hydrogen-bond acceptors (Lipinski definition) is 2. The van der Waals surface area contributed by atoms with Crippen LogP contribution in [0.2, 0.25) is 0 Å². The molecule has 0 spiro atoms. The van der Waals surface area contributed by atoms with Crippen LogP contribution in [-0.4, -0.2) is 0 Å². The third-order valence-electron chi connectivity index (χ3n) is 1.28. The van der Waals surface area contributed by atoms with Crippen molar-refractivity contribution in [3.63, 3.8) is 0 Å². The van der Waals surface area contributed by atoms with Crippen LogP contribution in [0.15, 0.2) is 29.4 Å². The molecule has 3 heteroatoms. The molecule has 0 amide bonds. The lowest BCUT2D eigenvalue weighted by molar-refractivity contribution is -0.210. The summed E-state index contributed by atoms with van der Waals surface area (Å²) >= 11 is 0. The monoisotopic (exact) mass is 156 g/mol. The summed E-state index contributed by atoms with van der Waals surface area (Å²) in [4.78, 5) is 0. The van der Waals surface area contributed by atoms with Crippen LogP contribution in [-0.2, 0) is 0 Å². The molecule has 0 radical (unpaired) electrons. The second-order valence-corrected chi connectivity index (χ2v) is 2.04. The SMILES string of the molecule is N#CC#Cc1ccc(N=[NH2+])cc1. The quantitative estimate of drug-likeness (QED) is 0.464. The molecule has 0 unspecified atom stereocenters. The van der Waals surface area contributed by atoms with Crippen molar-refractivity contribution in [3.8, 4) is 17.9 Å². The molecule has 1 rings (SSSR count). The Kier molecular flexibility index (Phi) is 2.59. The Labute approximate surface area is 70.2 Å². The fourth-order valence-electron chi connectivity index (χ4n) is 0.731. The first-order chi connectivity index (χ1) is 5.86. The zero-order valence-electron chi connectivity index (χ0n) is 6.28. The second kappa shape index (κ2) is 3.90. The minimum absolute atomic E-state index is 0.692. The normalized spacial score (nSPS) is 7.58. The predicted octanol–water partition coefficient (Wildman–Crippen LogP) is 0.404. The van der Waals surface area contributed by atoms with Gasteiger partial charge in [-0.15, -0.1) is 0 Å². The molecule has 3 nitrogen and oxygen atoms in total. The molecule has 2 N–H and O–H groups in total. The van der Waals surface area contributed by atoms with Gasteiger partial charge in [0.25, 0.3) is 0 Å². The molecule has 0 heterocycles. The van der Waals surface area contributed by atoms with E-state index >= 15 is 0 Å². The van der Waals surface area contributed by atoms with Gasteiger partial charge in [0.1, 0.15) is 5.69 Å². The van der Waals surface area contributed by atoms with E-state index in [2.05, 4.69) is 17.0 Å². The van der Waals surface area contributed by atoms with E-state index < -0.39 is 0 Å². The van der Waals surface area contributed by atoms with Crippen molar-refractivity contribution < 1.29 is 5.53 Å². The number of rotatable bonds is 1. The molecule has 0 fully saturated rings. The Morgan fingerprint density at radius 1 is 1.25 bits per heavy atom. The zero-order valence-corrected chi connectivity index (χ0v) is 6.28. The van der Waals surface area contributed by atoms with Gasteiger partial charge in [-0.25, -0.2) is 0 Å². The van der Waals surface area contributed by atoms with E-state index in [4.69, 9.17) is 10.8 Å². The molecular weight excluding hydrogens is 150 g/mol. The maximum absolute atomic E-state index is 8.17. The molecule has 0 aliphatic carbocycles. The summed E-state index contributed by atoms with van der Waals surface area (Å²) in [6, 6.07) is 8.73. The van der Waals surface area contributed by atoms with Gasteiger partial charge >= 0.3 is 0 Å². The van der Waals surface area contributed by atoms with Gasteiger partial charge in [0.2, 0.25) is 0 Å². The van der Waals surface area contributed by atoms with Crippen LogP contribution in [0, 0.1) is 23.2 Å². The van der Waals surface area contributed by atoms with E-state index in [-0.39, 0.29) is 0 Å². The van der Waals surface area contributed by atoms with Crippen LogP contribution in [0.3, 0.4) is 0 Å².